The van der Waals surface area contributed by atoms with Gasteiger partial charge >= 0.3 is 0 Å². The van der Waals surface area contributed by atoms with Crippen LogP contribution in [0.25, 0.3) is 0 Å². The van der Waals surface area contributed by atoms with Crippen LogP contribution in [0.2, 0.25) is 0 Å². The molecular weight excluding hydrogens is 234 g/mol. The van der Waals surface area contributed by atoms with Crippen molar-refractivity contribution in [2.75, 3.05) is 6.61 Å². The van der Waals surface area contributed by atoms with E-state index in [9.17, 15) is 0 Å². The van der Waals surface area contributed by atoms with Crippen molar-refractivity contribution < 1.29 is 4.74 Å². The summed E-state index contributed by atoms with van der Waals surface area (Å²) in [4.78, 5) is 0. The average Bonchev–Trinajstić information content (AvgIpc) is 2.46. The van der Waals surface area contributed by atoms with E-state index < -0.39 is 0 Å². The average molecular weight is 261 g/mol. The molecule has 1 fully saturated rings. The van der Waals surface area contributed by atoms with Gasteiger partial charge in [-0.1, -0.05) is 45.2 Å². The number of rotatable bonds is 5. The molecule has 1 aromatic carbocycles. The Morgan fingerprint density at radius 1 is 1.11 bits per heavy atom. The van der Waals surface area contributed by atoms with Crippen LogP contribution in [0.4, 0.5) is 0 Å². The number of hydrogen-bond donors (Lipinski definition) is 1. The second-order valence-electron chi connectivity index (χ2n) is 6.20. The summed E-state index contributed by atoms with van der Waals surface area (Å²) in [5.41, 5.74) is 7.65. The molecule has 0 heterocycles. The predicted molar refractivity (Wildman–Crippen MR) is 80.3 cm³/mol. The van der Waals surface area contributed by atoms with Gasteiger partial charge in [-0.25, -0.2) is 0 Å². The Morgan fingerprint density at radius 3 is 2.32 bits per heavy atom. The van der Waals surface area contributed by atoms with Crippen molar-refractivity contribution in [2.45, 2.75) is 52.0 Å². The molecule has 106 valence electrons. The lowest BCUT2D eigenvalue weighted by Gasteiger charge is -2.27. The first-order valence-electron chi connectivity index (χ1n) is 7.65. The van der Waals surface area contributed by atoms with Crippen LogP contribution in [0.1, 0.15) is 57.6 Å². The Labute approximate surface area is 117 Å². The van der Waals surface area contributed by atoms with Crippen LogP contribution in [-0.4, -0.2) is 6.61 Å². The number of nitrogens with two attached hydrogens (primary N) is 1. The van der Waals surface area contributed by atoms with E-state index in [0.29, 0.717) is 11.8 Å². The molecule has 1 aromatic rings. The van der Waals surface area contributed by atoms with Crippen molar-refractivity contribution in [3.8, 4) is 5.75 Å². The third kappa shape index (κ3) is 4.24. The first-order chi connectivity index (χ1) is 9.16. The maximum absolute atomic E-state index is 6.40. The Kier molecular flexibility index (Phi) is 5.26. The third-order valence-corrected chi connectivity index (χ3v) is 4.01. The minimum Gasteiger partial charge on any atom is -0.493 e. The van der Waals surface area contributed by atoms with Crippen LogP contribution in [0.3, 0.4) is 0 Å². The van der Waals surface area contributed by atoms with E-state index in [2.05, 4.69) is 38.1 Å². The summed E-state index contributed by atoms with van der Waals surface area (Å²) >= 11 is 0. The summed E-state index contributed by atoms with van der Waals surface area (Å²) in [5, 5.41) is 0. The topological polar surface area (TPSA) is 35.2 Å². The molecule has 0 spiro atoms. The lowest BCUT2D eigenvalue weighted by molar-refractivity contribution is 0.270. The number of hydrogen-bond acceptors (Lipinski definition) is 2. The van der Waals surface area contributed by atoms with Crippen molar-refractivity contribution in [2.24, 2.45) is 17.6 Å². The van der Waals surface area contributed by atoms with Crippen molar-refractivity contribution in [1.29, 1.82) is 0 Å². The summed E-state index contributed by atoms with van der Waals surface area (Å²) in [5.74, 6) is 2.17. The Hall–Kier alpha value is -1.02. The van der Waals surface area contributed by atoms with Gasteiger partial charge in [-0.15, -0.1) is 0 Å². The monoisotopic (exact) mass is 261 g/mol. The zero-order chi connectivity index (χ0) is 13.7. The maximum atomic E-state index is 6.40. The molecule has 2 nitrogen and oxygen atoms in total. The summed E-state index contributed by atoms with van der Waals surface area (Å²) in [6, 6.07) is 8.57. The lowest BCUT2D eigenvalue weighted by atomic mass is 9.81. The molecule has 0 saturated heterocycles. The minimum absolute atomic E-state index is 0.194. The van der Waals surface area contributed by atoms with Crippen molar-refractivity contribution in [3.63, 3.8) is 0 Å². The van der Waals surface area contributed by atoms with Crippen LogP contribution in [0.5, 0.6) is 5.75 Å². The van der Waals surface area contributed by atoms with E-state index in [1.807, 2.05) is 0 Å². The molecule has 1 aliphatic carbocycles. The number of ether oxygens (including phenoxy) is 1. The normalized spacial score (nSPS) is 18.5. The Morgan fingerprint density at radius 2 is 1.74 bits per heavy atom. The lowest BCUT2D eigenvalue weighted by Crippen LogP contribution is -2.23. The molecule has 0 bridgehead atoms. The van der Waals surface area contributed by atoms with Gasteiger partial charge in [0.15, 0.2) is 0 Å². The second-order valence-corrected chi connectivity index (χ2v) is 6.20. The van der Waals surface area contributed by atoms with Crippen LogP contribution in [0, 0.1) is 11.8 Å². The molecular formula is C17H27NO. The molecule has 1 atom stereocenters. The molecule has 2 heteroatoms. The van der Waals surface area contributed by atoms with Gasteiger partial charge < -0.3 is 10.5 Å². The molecule has 2 N–H and O–H groups in total. The van der Waals surface area contributed by atoms with E-state index >= 15 is 0 Å². The van der Waals surface area contributed by atoms with Crippen molar-refractivity contribution in [3.05, 3.63) is 29.8 Å². The first kappa shape index (κ1) is 14.4. The predicted octanol–water partition coefficient (Wildman–Crippen LogP) is 4.30. The van der Waals surface area contributed by atoms with Gasteiger partial charge in [-0.2, -0.15) is 0 Å². The molecule has 0 aromatic heterocycles. The van der Waals surface area contributed by atoms with Crippen LogP contribution in [0.15, 0.2) is 24.3 Å². The fraction of sp³-hybridized carbons (Fsp3) is 0.647. The van der Waals surface area contributed by atoms with Gasteiger partial charge in [0.25, 0.3) is 0 Å². The zero-order valence-corrected chi connectivity index (χ0v) is 12.3. The zero-order valence-electron chi connectivity index (χ0n) is 12.3. The second kappa shape index (κ2) is 6.95. The van der Waals surface area contributed by atoms with Gasteiger partial charge in [0.2, 0.25) is 0 Å². The van der Waals surface area contributed by atoms with Gasteiger partial charge in [-0.3, -0.25) is 0 Å². The number of benzene rings is 1. The van der Waals surface area contributed by atoms with E-state index in [-0.39, 0.29) is 6.04 Å². The van der Waals surface area contributed by atoms with Gasteiger partial charge in [0.1, 0.15) is 5.75 Å². The molecule has 1 saturated carbocycles. The quantitative estimate of drug-likeness (QED) is 0.857. The molecule has 0 amide bonds. The summed E-state index contributed by atoms with van der Waals surface area (Å²) in [6.07, 6.45) is 6.63. The highest BCUT2D eigenvalue weighted by Crippen LogP contribution is 2.33. The standard InChI is InChI=1S/C17H27NO/c1-13(2)12-19-16-10-8-15(9-11-16)17(18)14-6-4-3-5-7-14/h8-11,13-14,17H,3-7,12,18H2,1-2H3. The van der Waals surface area contributed by atoms with Crippen LogP contribution < -0.4 is 10.5 Å². The SMILES string of the molecule is CC(C)COc1ccc(C(N)C2CCCCC2)cc1. The first-order valence-corrected chi connectivity index (χ1v) is 7.65. The van der Waals surface area contributed by atoms with Gasteiger partial charge in [0, 0.05) is 6.04 Å². The van der Waals surface area contributed by atoms with E-state index in [1.54, 1.807) is 0 Å². The Bertz CT molecular complexity index is 365. The highest BCUT2D eigenvalue weighted by molar-refractivity contribution is 5.29. The van der Waals surface area contributed by atoms with E-state index in [0.717, 1.165) is 12.4 Å². The third-order valence-electron chi connectivity index (χ3n) is 4.01. The van der Waals surface area contributed by atoms with E-state index in [1.165, 1.54) is 37.7 Å². The minimum atomic E-state index is 0.194. The van der Waals surface area contributed by atoms with Crippen LogP contribution >= 0.6 is 0 Å². The molecule has 2 rings (SSSR count). The smallest absolute Gasteiger partial charge is 0.119 e. The Balaban J connectivity index is 1.93. The molecule has 19 heavy (non-hydrogen) atoms. The fourth-order valence-corrected chi connectivity index (χ4v) is 2.81. The highest BCUT2D eigenvalue weighted by Gasteiger charge is 2.21. The van der Waals surface area contributed by atoms with Gasteiger partial charge in [0.05, 0.1) is 6.61 Å². The van der Waals surface area contributed by atoms with E-state index in [4.69, 9.17) is 10.5 Å². The molecule has 0 radical (unpaired) electrons. The summed E-state index contributed by atoms with van der Waals surface area (Å²) in [6.45, 7) is 5.09. The van der Waals surface area contributed by atoms with Crippen molar-refractivity contribution in [1.82, 2.24) is 0 Å². The summed E-state index contributed by atoms with van der Waals surface area (Å²) < 4.78 is 5.71. The largest absolute Gasteiger partial charge is 0.493 e. The van der Waals surface area contributed by atoms with Gasteiger partial charge in [-0.05, 0) is 42.4 Å². The molecule has 1 unspecified atom stereocenters. The van der Waals surface area contributed by atoms with Crippen molar-refractivity contribution >= 4 is 0 Å². The highest BCUT2D eigenvalue weighted by atomic mass is 16.5. The van der Waals surface area contributed by atoms with Crippen LogP contribution in [-0.2, 0) is 0 Å². The fourth-order valence-electron chi connectivity index (χ4n) is 2.81. The summed E-state index contributed by atoms with van der Waals surface area (Å²) in [7, 11) is 0. The molecule has 0 aliphatic heterocycles. The molecule has 1 aliphatic rings. The maximum Gasteiger partial charge on any atom is 0.119 e.